The van der Waals surface area contributed by atoms with Crippen molar-refractivity contribution in [2.45, 2.75) is 4.90 Å². The second-order valence-corrected chi connectivity index (χ2v) is 5.34. The summed E-state index contributed by atoms with van der Waals surface area (Å²) in [6.07, 6.45) is 0. The van der Waals surface area contributed by atoms with Gasteiger partial charge in [-0.2, -0.15) is 0 Å². The van der Waals surface area contributed by atoms with Crippen molar-refractivity contribution in [2.24, 2.45) is 0 Å². The normalized spacial score (nSPS) is 11.2. The molecule has 0 aliphatic rings. The lowest BCUT2D eigenvalue weighted by molar-refractivity contribution is 0.0509. The van der Waals surface area contributed by atoms with Crippen LogP contribution in [0.3, 0.4) is 0 Å². The molecule has 1 rings (SSSR count). The van der Waals surface area contributed by atoms with Crippen molar-refractivity contribution in [2.75, 3.05) is 21.0 Å². The number of rotatable bonds is 5. The van der Waals surface area contributed by atoms with Gasteiger partial charge in [0.25, 0.3) is 9.05 Å². The van der Waals surface area contributed by atoms with E-state index in [2.05, 4.69) is 0 Å². The van der Waals surface area contributed by atoms with E-state index in [1.54, 1.807) is 0 Å². The van der Waals surface area contributed by atoms with Gasteiger partial charge in [-0.1, -0.05) is 0 Å². The largest absolute Gasteiger partial charge is 0.495 e. The molecule has 0 heterocycles. The third-order valence-electron chi connectivity index (χ3n) is 1.74. The summed E-state index contributed by atoms with van der Waals surface area (Å²) in [5, 5.41) is 0. The molecule has 0 atom stereocenters. The average molecular weight is 267 g/mol. The van der Waals surface area contributed by atoms with Gasteiger partial charge in [-0.25, -0.2) is 8.42 Å². The highest BCUT2D eigenvalue weighted by Gasteiger charge is 2.17. The smallest absolute Gasteiger partial charge is 0.264 e. The lowest BCUT2D eigenvalue weighted by Crippen LogP contribution is -2.01. The van der Waals surface area contributed by atoms with Crippen LogP contribution in [0.1, 0.15) is 0 Å². The summed E-state index contributed by atoms with van der Waals surface area (Å²) < 4.78 is 37.1. The highest BCUT2D eigenvalue weighted by atomic mass is 35.7. The van der Waals surface area contributed by atoms with Crippen molar-refractivity contribution in [3.8, 4) is 11.5 Å². The fourth-order valence-corrected chi connectivity index (χ4v) is 2.06. The summed E-state index contributed by atoms with van der Waals surface area (Å²) >= 11 is 0. The second-order valence-electron chi connectivity index (χ2n) is 2.80. The van der Waals surface area contributed by atoms with Crippen LogP contribution in [-0.2, 0) is 13.8 Å². The molecule has 0 unspecified atom stereocenters. The van der Waals surface area contributed by atoms with Crippen molar-refractivity contribution < 1.29 is 22.6 Å². The highest BCUT2D eigenvalue weighted by molar-refractivity contribution is 8.13. The number of methoxy groups -OCH3 is 2. The van der Waals surface area contributed by atoms with Crippen molar-refractivity contribution >= 4 is 19.7 Å². The predicted octanol–water partition coefficient (Wildman–Crippen LogP) is 1.61. The van der Waals surface area contributed by atoms with E-state index < -0.39 is 9.05 Å². The number of benzene rings is 1. The first-order chi connectivity index (χ1) is 7.49. The van der Waals surface area contributed by atoms with Crippen LogP contribution in [0.2, 0.25) is 0 Å². The van der Waals surface area contributed by atoms with Crippen LogP contribution in [-0.4, -0.2) is 29.4 Å². The van der Waals surface area contributed by atoms with Gasteiger partial charge in [0.1, 0.15) is 16.4 Å². The Balaban J connectivity index is 3.07. The topological polar surface area (TPSA) is 61.8 Å². The lowest BCUT2D eigenvalue weighted by Gasteiger charge is -2.09. The monoisotopic (exact) mass is 266 g/mol. The first-order valence-electron chi connectivity index (χ1n) is 4.23. The number of halogens is 1. The SMILES string of the molecule is COCOc1ccc(S(=O)(=O)Cl)c(OC)c1. The van der Waals surface area contributed by atoms with Gasteiger partial charge in [0.2, 0.25) is 0 Å². The molecule has 0 spiro atoms. The maximum atomic E-state index is 11.2. The van der Waals surface area contributed by atoms with E-state index in [1.165, 1.54) is 32.4 Å². The predicted molar refractivity (Wildman–Crippen MR) is 58.5 cm³/mol. The number of ether oxygens (including phenoxy) is 3. The fraction of sp³-hybridized carbons (Fsp3) is 0.333. The molecule has 0 bridgehead atoms. The van der Waals surface area contributed by atoms with Gasteiger partial charge in [-0.3, -0.25) is 0 Å². The summed E-state index contributed by atoms with van der Waals surface area (Å²) in [7, 11) is 4.23. The quantitative estimate of drug-likeness (QED) is 0.598. The van der Waals surface area contributed by atoms with E-state index >= 15 is 0 Å². The minimum Gasteiger partial charge on any atom is -0.495 e. The van der Waals surface area contributed by atoms with E-state index in [4.69, 9.17) is 24.9 Å². The van der Waals surface area contributed by atoms with Crippen LogP contribution in [0, 0.1) is 0 Å². The Morgan fingerprint density at radius 1 is 1.31 bits per heavy atom. The maximum Gasteiger partial charge on any atom is 0.264 e. The van der Waals surface area contributed by atoms with Crippen LogP contribution in [0.15, 0.2) is 23.1 Å². The third kappa shape index (κ3) is 3.26. The molecule has 5 nitrogen and oxygen atoms in total. The van der Waals surface area contributed by atoms with Crippen molar-refractivity contribution in [3.63, 3.8) is 0 Å². The Morgan fingerprint density at radius 2 is 2.00 bits per heavy atom. The third-order valence-corrected chi connectivity index (χ3v) is 3.10. The van der Waals surface area contributed by atoms with Gasteiger partial charge in [0.15, 0.2) is 6.79 Å². The van der Waals surface area contributed by atoms with Gasteiger partial charge in [-0.15, -0.1) is 0 Å². The molecule has 0 fully saturated rings. The fourth-order valence-electron chi connectivity index (χ4n) is 1.07. The first kappa shape index (κ1) is 13.1. The van der Waals surface area contributed by atoms with Crippen LogP contribution in [0.4, 0.5) is 0 Å². The summed E-state index contributed by atoms with van der Waals surface area (Å²) in [5.41, 5.74) is 0. The van der Waals surface area contributed by atoms with Crippen LogP contribution < -0.4 is 9.47 Å². The molecule has 0 radical (unpaired) electrons. The van der Waals surface area contributed by atoms with Crippen molar-refractivity contribution in [1.29, 1.82) is 0 Å². The van der Waals surface area contributed by atoms with Crippen molar-refractivity contribution in [3.05, 3.63) is 18.2 Å². The van der Waals surface area contributed by atoms with Gasteiger partial charge in [-0.05, 0) is 12.1 Å². The molecule has 1 aromatic carbocycles. The molecule has 0 saturated carbocycles. The lowest BCUT2D eigenvalue weighted by atomic mass is 10.3. The van der Waals surface area contributed by atoms with E-state index in [0.717, 1.165) is 0 Å². The molecule has 0 N–H and O–H groups in total. The summed E-state index contributed by atoms with van der Waals surface area (Å²) in [6.45, 7) is 0.0656. The van der Waals surface area contributed by atoms with E-state index in [-0.39, 0.29) is 17.4 Å². The molecular formula is C9H11ClO5S. The van der Waals surface area contributed by atoms with Crippen LogP contribution in [0.5, 0.6) is 11.5 Å². The molecule has 7 heteroatoms. The molecule has 1 aromatic rings. The molecule has 0 aliphatic heterocycles. The molecular weight excluding hydrogens is 256 g/mol. The van der Waals surface area contributed by atoms with Crippen LogP contribution >= 0.6 is 10.7 Å². The standard InChI is InChI=1S/C9H11ClO5S/c1-13-6-15-7-3-4-9(16(10,11)12)8(5-7)14-2/h3-5H,6H2,1-2H3. The minimum atomic E-state index is -3.82. The molecule has 90 valence electrons. The second kappa shape index (κ2) is 5.38. The summed E-state index contributed by atoms with van der Waals surface area (Å²) in [5.74, 6) is 0.561. The minimum absolute atomic E-state index is 0.0656. The Hall–Kier alpha value is -0.980. The average Bonchev–Trinajstić information content (AvgIpc) is 2.24. The van der Waals surface area contributed by atoms with Gasteiger partial charge < -0.3 is 14.2 Å². The highest BCUT2D eigenvalue weighted by Crippen LogP contribution is 2.30. The summed E-state index contributed by atoms with van der Waals surface area (Å²) in [4.78, 5) is -0.0959. The Bertz CT molecular complexity index is 457. The molecule has 0 aliphatic carbocycles. The Morgan fingerprint density at radius 3 is 2.50 bits per heavy atom. The number of hydrogen-bond acceptors (Lipinski definition) is 5. The van der Waals surface area contributed by atoms with E-state index in [9.17, 15) is 8.42 Å². The number of hydrogen-bond donors (Lipinski definition) is 0. The molecule has 0 amide bonds. The van der Waals surface area contributed by atoms with Gasteiger partial charge in [0.05, 0.1) is 7.11 Å². The zero-order valence-electron chi connectivity index (χ0n) is 8.77. The zero-order valence-corrected chi connectivity index (χ0v) is 10.3. The Kier molecular flexibility index (Phi) is 4.40. The van der Waals surface area contributed by atoms with Crippen LogP contribution in [0.25, 0.3) is 0 Å². The summed E-state index contributed by atoms with van der Waals surface area (Å²) in [6, 6.07) is 4.21. The first-order valence-corrected chi connectivity index (χ1v) is 6.54. The maximum absolute atomic E-state index is 11.2. The van der Waals surface area contributed by atoms with Gasteiger partial charge in [0, 0.05) is 23.9 Å². The molecule has 0 aromatic heterocycles. The molecule has 16 heavy (non-hydrogen) atoms. The van der Waals surface area contributed by atoms with E-state index in [0.29, 0.717) is 5.75 Å². The van der Waals surface area contributed by atoms with Crippen molar-refractivity contribution in [1.82, 2.24) is 0 Å². The van der Waals surface area contributed by atoms with E-state index in [1.807, 2.05) is 0 Å². The Labute approximate surface area is 98.3 Å². The molecule has 0 saturated heterocycles. The van der Waals surface area contributed by atoms with Gasteiger partial charge >= 0.3 is 0 Å². The zero-order chi connectivity index (χ0) is 12.2.